The van der Waals surface area contributed by atoms with Gasteiger partial charge in [-0.2, -0.15) is 0 Å². The van der Waals surface area contributed by atoms with Gasteiger partial charge in [0.2, 0.25) is 5.43 Å². The lowest BCUT2D eigenvalue weighted by atomic mass is 10.0. The zero-order valence-corrected chi connectivity index (χ0v) is 17.7. The molecule has 164 valence electrons. The zero-order chi connectivity index (χ0) is 22.5. The molecule has 1 fully saturated rings. The second-order valence-corrected chi connectivity index (χ2v) is 8.36. The van der Waals surface area contributed by atoms with E-state index in [9.17, 15) is 23.9 Å². The smallest absolute Gasteiger partial charge is 0.274 e. The fourth-order valence-corrected chi connectivity index (χ4v) is 4.48. The highest BCUT2D eigenvalue weighted by molar-refractivity contribution is 6.30. The number of halogens is 2. The minimum absolute atomic E-state index is 0.0603. The van der Waals surface area contributed by atoms with E-state index in [0.29, 0.717) is 19.6 Å². The molecule has 0 saturated heterocycles. The molecule has 1 aliphatic carbocycles. The highest BCUT2D eigenvalue weighted by atomic mass is 35.5. The molecule has 1 spiro atoms. The number of aromatic hydroxyl groups is 1. The molecule has 2 atom stereocenters. The predicted octanol–water partition coefficient (Wildman–Crippen LogP) is 1.72. The average Bonchev–Trinajstić information content (AvgIpc) is 3.41. The summed E-state index contributed by atoms with van der Waals surface area (Å²) in [5.41, 5.74) is -1.84. The molecule has 2 aromatic rings. The highest BCUT2D eigenvalue weighted by Gasteiger charge is 2.60. The number of hydrogen-bond donors (Lipinski definition) is 2. The maximum atomic E-state index is 14.1. The topological polar surface area (TPSA) is 101 Å². The van der Waals surface area contributed by atoms with Crippen LogP contribution in [0.25, 0.3) is 0 Å². The van der Waals surface area contributed by atoms with E-state index in [2.05, 4.69) is 5.32 Å². The van der Waals surface area contributed by atoms with Crippen LogP contribution in [-0.4, -0.2) is 53.7 Å². The van der Waals surface area contributed by atoms with Crippen molar-refractivity contribution in [1.29, 1.82) is 0 Å². The lowest BCUT2D eigenvalue weighted by Gasteiger charge is -2.35. The Hall–Kier alpha value is -2.91. The maximum absolute atomic E-state index is 14.1. The highest BCUT2D eigenvalue weighted by Crippen LogP contribution is 2.53. The molecular weight excluding hydrogens is 429 g/mol. The van der Waals surface area contributed by atoms with E-state index in [4.69, 9.17) is 16.3 Å². The van der Waals surface area contributed by atoms with E-state index in [-0.39, 0.29) is 34.3 Å². The zero-order valence-electron chi connectivity index (χ0n) is 16.9. The van der Waals surface area contributed by atoms with Gasteiger partial charge in [0, 0.05) is 44.9 Å². The molecule has 8 nitrogen and oxygen atoms in total. The molecule has 1 aromatic heterocycles. The summed E-state index contributed by atoms with van der Waals surface area (Å²) in [6, 6.07) is 4.39. The number of carbonyl (C=O) groups is 2. The third-order valence-corrected chi connectivity index (χ3v) is 6.30. The molecule has 1 aliphatic heterocycles. The molecule has 2 N–H and O–H groups in total. The van der Waals surface area contributed by atoms with Gasteiger partial charge in [-0.25, -0.2) is 4.39 Å². The number of nitrogens with one attached hydrogen (secondary N) is 1. The Morgan fingerprint density at radius 3 is 2.87 bits per heavy atom. The number of rotatable bonds is 5. The van der Waals surface area contributed by atoms with E-state index < -0.39 is 34.3 Å². The summed E-state index contributed by atoms with van der Waals surface area (Å²) in [7, 11) is 3.17. The van der Waals surface area contributed by atoms with Crippen LogP contribution in [0.2, 0.25) is 5.02 Å². The van der Waals surface area contributed by atoms with E-state index in [1.54, 1.807) is 20.2 Å². The van der Waals surface area contributed by atoms with Crippen LogP contribution in [0.5, 0.6) is 5.75 Å². The first-order chi connectivity index (χ1) is 14.7. The lowest BCUT2D eigenvalue weighted by Crippen LogP contribution is -2.48. The van der Waals surface area contributed by atoms with Crippen molar-refractivity contribution in [2.24, 2.45) is 5.92 Å². The van der Waals surface area contributed by atoms with Crippen molar-refractivity contribution in [3.8, 4) is 5.75 Å². The van der Waals surface area contributed by atoms with Crippen LogP contribution in [0.1, 0.15) is 32.8 Å². The van der Waals surface area contributed by atoms with Crippen molar-refractivity contribution < 1.29 is 23.8 Å². The first kappa shape index (κ1) is 21.3. The molecular formula is C21H21ClFN3O5. The van der Waals surface area contributed by atoms with Crippen molar-refractivity contribution in [2.75, 3.05) is 27.3 Å². The van der Waals surface area contributed by atoms with Crippen molar-refractivity contribution in [1.82, 2.24) is 14.8 Å². The first-order valence-electron chi connectivity index (χ1n) is 9.66. The predicted molar refractivity (Wildman–Crippen MR) is 110 cm³/mol. The number of benzene rings is 1. The molecule has 2 aliphatic rings. The number of hydrogen-bond acceptors (Lipinski definition) is 5. The number of amides is 2. The Kier molecular flexibility index (Phi) is 5.26. The number of pyridine rings is 1. The SMILES string of the molecule is COC[C@H]1C[C@@]12CN(C)C(=O)c1c(O)c(=O)c(C(=O)NCc3cccc(Cl)c3F)cn12. The van der Waals surface area contributed by atoms with Crippen LogP contribution >= 0.6 is 11.6 Å². The molecule has 1 saturated carbocycles. The molecule has 1 aromatic carbocycles. The van der Waals surface area contributed by atoms with Gasteiger partial charge < -0.3 is 24.6 Å². The van der Waals surface area contributed by atoms with Crippen LogP contribution in [0.15, 0.2) is 29.2 Å². The number of likely N-dealkylation sites (N-methyl/N-ethyl adjacent to an activating group) is 1. The van der Waals surface area contributed by atoms with Gasteiger partial charge in [-0.15, -0.1) is 0 Å². The summed E-state index contributed by atoms with van der Waals surface area (Å²) in [5.74, 6) is -2.68. The van der Waals surface area contributed by atoms with E-state index in [1.165, 1.54) is 27.8 Å². The number of fused-ring (bicyclic) bond motifs is 2. The van der Waals surface area contributed by atoms with Crippen molar-refractivity contribution in [2.45, 2.75) is 18.5 Å². The summed E-state index contributed by atoms with van der Waals surface area (Å²) in [6.07, 6.45) is 1.98. The minimum Gasteiger partial charge on any atom is -0.503 e. The third-order valence-electron chi connectivity index (χ3n) is 6.01. The number of methoxy groups -OCH3 is 1. The van der Waals surface area contributed by atoms with Crippen molar-refractivity contribution >= 4 is 23.4 Å². The summed E-state index contributed by atoms with van der Waals surface area (Å²) in [5, 5.41) is 12.9. The molecule has 2 heterocycles. The Bertz CT molecular complexity index is 1150. The number of ether oxygens (including phenoxy) is 1. The van der Waals surface area contributed by atoms with E-state index in [1.807, 2.05) is 0 Å². The van der Waals surface area contributed by atoms with E-state index in [0.717, 1.165) is 0 Å². The molecule has 0 bridgehead atoms. The van der Waals surface area contributed by atoms with Crippen LogP contribution in [0.3, 0.4) is 0 Å². The normalized spacial score (nSPS) is 21.9. The molecule has 4 rings (SSSR count). The van der Waals surface area contributed by atoms with E-state index >= 15 is 0 Å². The lowest BCUT2D eigenvalue weighted by molar-refractivity contribution is 0.0664. The molecule has 0 unspecified atom stereocenters. The van der Waals surface area contributed by atoms with Gasteiger partial charge in [0.25, 0.3) is 11.8 Å². The summed E-state index contributed by atoms with van der Waals surface area (Å²) >= 11 is 5.75. The monoisotopic (exact) mass is 449 g/mol. The van der Waals surface area contributed by atoms with Gasteiger partial charge in [0.15, 0.2) is 11.4 Å². The van der Waals surface area contributed by atoms with Gasteiger partial charge in [0.05, 0.1) is 17.2 Å². The Labute approximate surface area is 182 Å². The molecule has 0 radical (unpaired) electrons. The van der Waals surface area contributed by atoms with Crippen LogP contribution < -0.4 is 10.7 Å². The molecule has 10 heteroatoms. The van der Waals surface area contributed by atoms with Gasteiger partial charge in [-0.3, -0.25) is 14.4 Å². The fourth-order valence-electron chi connectivity index (χ4n) is 4.29. The summed E-state index contributed by atoms with van der Waals surface area (Å²) in [4.78, 5) is 39.5. The van der Waals surface area contributed by atoms with Gasteiger partial charge in [-0.05, 0) is 12.5 Å². The van der Waals surface area contributed by atoms with Gasteiger partial charge >= 0.3 is 0 Å². The second-order valence-electron chi connectivity index (χ2n) is 7.96. The molecule has 2 amide bonds. The van der Waals surface area contributed by atoms with Crippen molar-refractivity contribution in [3.63, 3.8) is 0 Å². The Balaban J connectivity index is 1.70. The number of aromatic nitrogens is 1. The summed E-state index contributed by atoms with van der Waals surface area (Å²) in [6.45, 7) is 0.597. The van der Waals surface area contributed by atoms with Crippen LogP contribution in [-0.2, 0) is 16.8 Å². The van der Waals surface area contributed by atoms with Gasteiger partial charge in [-0.1, -0.05) is 23.7 Å². The average molecular weight is 450 g/mol. The second kappa shape index (κ2) is 7.65. The van der Waals surface area contributed by atoms with Gasteiger partial charge in [0.1, 0.15) is 11.4 Å². The minimum atomic E-state index is -0.960. The summed E-state index contributed by atoms with van der Waals surface area (Å²) < 4.78 is 20.9. The largest absolute Gasteiger partial charge is 0.503 e. The number of carbonyl (C=O) groups excluding carboxylic acids is 2. The first-order valence-corrected chi connectivity index (χ1v) is 10.0. The van der Waals surface area contributed by atoms with Crippen molar-refractivity contribution in [3.05, 3.63) is 62.3 Å². The third kappa shape index (κ3) is 3.37. The van der Waals surface area contributed by atoms with Crippen LogP contribution in [0.4, 0.5) is 4.39 Å². The Morgan fingerprint density at radius 2 is 2.16 bits per heavy atom. The quantitative estimate of drug-likeness (QED) is 0.724. The standard InChI is InChI=1S/C21H21ClFN3O5/c1-25-10-21(6-12(21)9-31-2)26-8-13(17(27)18(28)16(26)20(25)30)19(29)24-7-11-4-3-5-14(22)15(11)23/h3-5,8,12,28H,6-7,9-10H2,1-2H3,(H,24,29)/t12-,21-/m1/s1. The number of nitrogens with zero attached hydrogens (tertiary/aromatic N) is 2. The fraction of sp³-hybridized carbons (Fsp3) is 0.381. The van der Waals surface area contributed by atoms with Crippen LogP contribution in [0, 0.1) is 11.7 Å². The maximum Gasteiger partial charge on any atom is 0.274 e. The molecule has 31 heavy (non-hydrogen) atoms. The Morgan fingerprint density at radius 1 is 1.42 bits per heavy atom.